The van der Waals surface area contributed by atoms with Crippen molar-refractivity contribution in [2.24, 2.45) is 5.73 Å². The van der Waals surface area contributed by atoms with Gasteiger partial charge < -0.3 is 16.4 Å². The molecule has 5 N–H and O–H groups in total. The molecule has 0 spiro atoms. The molecule has 3 amide bonds. The van der Waals surface area contributed by atoms with Crippen LogP contribution in [-0.4, -0.2) is 35.0 Å². The first-order chi connectivity index (χ1) is 12.2. The summed E-state index contributed by atoms with van der Waals surface area (Å²) in [6.45, 7) is 1.02. The number of pyridine rings is 1. The van der Waals surface area contributed by atoms with Crippen LogP contribution < -0.4 is 21.7 Å². The van der Waals surface area contributed by atoms with Gasteiger partial charge in [-0.25, -0.2) is 9.78 Å². The van der Waals surface area contributed by atoms with Gasteiger partial charge in [-0.2, -0.15) is 0 Å². The Balaban J connectivity index is 1.57. The zero-order valence-corrected chi connectivity index (χ0v) is 14.5. The summed E-state index contributed by atoms with van der Waals surface area (Å²) in [5.74, 6) is -0.249. The fraction of sp³-hybridized carbons (Fsp3) is 0.375. The van der Waals surface area contributed by atoms with Crippen LogP contribution in [0.2, 0.25) is 0 Å². The Labute approximate surface area is 149 Å². The predicted molar refractivity (Wildman–Crippen MR) is 97.0 cm³/mol. The van der Waals surface area contributed by atoms with Crippen molar-refractivity contribution < 1.29 is 9.59 Å². The monoisotopic (exact) mass is 360 g/mol. The highest BCUT2D eigenvalue weighted by Crippen LogP contribution is 2.30. The number of aryl methyl sites for hydroxylation is 2. The van der Waals surface area contributed by atoms with E-state index in [0.29, 0.717) is 35.9 Å². The first kappa shape index (κ1) is 17.3. The fourth-order valence-electron chi connectivity index (χ4n) is 2.54. The van der Waals surface area contributed by atoms with Gasteiger partial charge in [-0.15, -0.1) is 11.3 Å². The lowest BCUT2D eigenvalue weighted by molar-refractivity contribution is 0.0953. The molecule has 2 aromatic heterocycles. The fourth-order valence-corrected chi connectivity index (χ4v) is 3.59. The van der Waals surface area contributed by atoms with Gasteiger partial charge in [-0.3, -0.25) is 15.1 Å². The van der Waals surface area contributed by atoms with Gasteiger partial charge in [0.05, 0.1) is 23.1 Å². The molecule has 0 bridgehead atoms. The van der Waals surface area contributed by atoms with E-state index < -0.39 is 6.03 Å². The number of aromatic nitrogens is 2. The zero-order chi connectivity index (χ0) is 17.6. The van der Waals surface area contributed by atoms with E-state index in [1.807, 2.05) is 0 Å². The van der Waals surface area contributed by atoms with E-state index in [2.05, 4.69) is 25.9 Å². The number of hydrogen-bond acceptors (Lipinski definition) is 6. The molecule has 132 valence electrons. The molecule has 0 aromatic carbocycles. The number of nitrogens with zero attached hydrogens (tertiary/aromatic N) is 2. The minimum atomic E-state index is -0.407. The van der Waals surface area contributed by atoms with Crippen LogP contribution >= 0.6 is 11.3 Å². The first-order valence-corrected chi connectivity index (χ1v) is 8.97. The normalized spacial score (nSPS) is 12.5. The summed E-state index contributed by atoms with van der Waals surface area (Å²) in [6.07, 6.45) is 6.77. The van der Waals surface area contributed by atoms with Crippen molar-refractivity contribution in [1.29, 1.82) is 0 Å². The molecular formula is C16H20N6O2S. The topological polar surface area (TPSA) is 122 Å². The predicted octanol–water partition coefficient (Wildman–Crippen LogP) is 1.75. The average molecular weight is 360 g/mol. The molecule has 0 atom stereocenters. The Kier molecular flexibility index (Phi) is 5.56. The highest BCUT2D eigenvalue weighted by molar-refractivity contribution is 7.15. The van der Waals surface area contributed by atoms with Crippen LogP contribution in [0.3, 0.4) is 0 Å². The molecule has 1 aliphatic carbocycles. The summed E-state index contributed by atoms with van der Waals surface area (Å²) in [4.78, 5) is 33.8. The van der Waals surface area contributed by atoms with E-state index in [1.165, 1.54) is 28.6 Å². The van der Waals surface area contributed by atoms with Gasteiger partial charge in [-0.05, 0) is 38.3 Å². The number of carbonyl (C=O) groups is 2. The molecule has 1 aliphatic rings. The number of urea groups is 1. The van der Waals surface area contributed by atoms with Crippen molar-refractivity contribution in [3.05, 3.63) is 34.6 Å². The van der Waals surface area contributed by atoms with Crippen LogP contribution in [0.15, 0.2) is 18.5 Å². The van der Waals surface area contributed by atoms with Crippen molar-refractivity contribution in [3.8, 4) is 0 Å². The number of anilines is 2. The van der Waals surface area contributed by atoms with Crippen LogP contribution in [0, 0.1) is 0 Å². The van der Waals surface area contributed by atoms with Gasteiger partial charge in [-0.1, -0.05) is 0 Å². The van der Waals surface area contributed by atoms with Gasteiger partial charge >= 0.3 is 6.03 Å². The maximum Gasteiger partial charge on any atom is 0.325 e. The number of fused-ring (bicyclic) bond motifs is 1. The first-order valence-electron chi connectivity index (χ1n) is 8.15. The Morgan fingerprint density at radius 1 is 1.24 bits per heavy atom. The van der Waals surface area contributed by atoms with Gasteiger partial charge in [0.25, 0.3) is 5.91 Å². The molecule has 2 heterocycles. The Hall–Kier alpha value is -2.52. The Morgan fingerprint density at radius 3 is 2.92 bits per heavy atom. The standard InChI is InChI=1S/C16H20N6O2S/c17-5-2-6-19-14(23)10-7-11(9-18-8-10)20-15(24)22-16-21-12-3-1-4-13(12)25-16/h7-9H,1-6,17H2,(H,19,23)(H2,20,21,22,24). The minimum absolute atomic E-state index is 0.249. The third kappa shape index (κ3) is 4.52. The third-order valence-electron chi connectivity index (χ3n) is 3.74. The highest BCUT2D eigenvalue weighted by Gasteiger charge is 2.17. The van der Waals surface area contributed by atoms with E-state index in [-0.39, 0.29) is 5.91 Å². The van der Waals surface area contributed by atoms with E-state index in [9.17, 15) is 9.59 Å². The third-order valence-corrected chi connectivity index (χ3v) is 4.81. The number of nitrogens with two attached hydrogens (primary N) is 1. The van der Waals surface area contributed by atoms with E-state index in [1.54, 1.807) is 6.07 Å². The smallest absolute Gasteiger partial charge is 0.325 e. The minimum Gasteiger partial charge on any atom is -0.352 e. The van der Waals surface area contributed by atoms with Crippen LogP contribution in [0.25, 0.3) is 0 Å². The summed E-state index contributed by atoms with van der Waals surface area (Å²) in [6, 6.07) is 1.17. The number of rotatable bonds is 6. The molecule has 3 rings (SSSR count). The van der Waals surface area contributed by atoms with Gasteiger partial charge in [0.1, 0.15) is 0 Å². The molecule has 0 saturated heterocycles. The number of nitrogens with one attached hydrogen (secondary N) is 3. The van der Waals surface area contributed by atoms with E-state index in [0.717, 1.165) is 25.0 Å². The van der Waals surface area contributed by atoms with Crippen LogP contribution in [0.5, 0.6) is 0 Å². The van der Waals surface area contributed by atoms with E-state index >= 15 is 0 Å². The molecule has 0 unspecified atom stereocenters. The summed E-state index contributed by atoms with van der Waals surface area (Å²) in [5, 5.41) is 8.73. The van der Waals surface area contributed by atoms with Gasteiger partial charge in [0.15, 0.2) is 5.13 Å². The lowest BCUT2D eigenvalue weighted by Gasteiger charge is -2.08. The maximum absolute atomic E-state index is 12.1. The van der Waals surface area contributed by atoms with Crippen LogP contribution in [-0.2, 0) is 12.8 Å². The molecule has 25 heavy (non-hydrogen) atoms. The van der Waals surface area contributed by atoms with Crippen molar-refractivity contribution >= 4 is 34.1 Å². The van der Waals surface area contributed by atoms with Crippen molar-refractivity contribution in [3.63, 3.8) is 0 Å². The van der Waals surface area contributed by atoms with Crippen LogP contribution in [0.1, 0.15) is 33.8 Å². The molecule has 0 aliphatic heterocycles. The highest BCUT2D eigenvalue weighted by atomic mass is 32.1. The number of carbonyl (C=O) groups excluding carboxylic acids is 2. The van der Waals surface area contributed by atoms with E-state index in [4.69, 9.17) is 5.73 Å². The Morgan fingerprint density at radius 2 is 2.12 bits per heavy atom. The van der Waals surface area contributed by atoms with Crippen LogP contribution in [0.4, 0.5) is 15.6 Å². The quantitative estimate of drug-likeness (QED) is 0.585. The second-order valence-electron chi connectivity index (χ2n) is 5.68. The molecular weight excluding hydrogens is 340 g/mol. The zero-order valence-electron chi connectivity index (χ0n) is 13.7. The van der Waals surface area contributed by atoms with Crippen molar-refractivity contribution in [2.75, 3.05) is 23.7 Å². The largest absolute Gasteiger partial charge is 0.352 e. The molecule has 0 saturated carbocycles. The number of thiazole rings is 1. The summed E-state index contributed by atoms with van der Waals surface area (Å²) < 4.78 is 0. The number of hydrogen-bond donors (Lipinski definition) is 4. The van der Waals surface area contributed by atoms with Crippen molar-refractivity contribution in [2.45, 2.75) is 25.7 Å². The molecule has 9 heteroatoms. The molecule has 0 radical (unpaired) electrons. The molecule has 0 fully saturated rings. The van der Waals surface area contributed by atoms with Gasteiger partial charge in [0.2, 0.25) is 0 Å². The second-order valence-corrected chi connectivity index (χ2v) is 6.77. The average Bonchev–Trinajstić information content (AvgIpc) is 3.16. The lowest BCUT2D eigenvalue weighted by Crippen LogP contribution is -2.26. The van der Waals surface area contributed by atoms with Crippen molar-refractivity contribution in [1.82, 2.24) is 15.3 Å². The lowest BCUT2D eigenvalue weighted by atomic mass is 10.2. The number of amides is 3. The molecule has 8 nitrogen and oxygen atoms in total. The second kappa shape index (κ2) is 8.04. The Bertz CT molecular complexity index is 754. The SMILES string of the molecule is NCCCNC(=O)c1cncc(NC(=O)Nc2nc3c(s2)CCC3)c1. The summed E-state index contributed by atoms with van der Waals surface area (Å²) in [5.41, 5.74) is 7.29. The summed E-state index contributed by atoms with van der Waals surface area (Å²) in [7, 11) is 0. The maximum atomic E-state index is 12.1. The molecule has 2 aromatic rings. The van der Waals surface area contributed by atoms with Gasteiger partial charge in [0, 0.05) is 17.6 Å². The summed E-state index contributed by atoms with van der Waals surface area (Å²) >= 11 is 1.51.